The van der Waals surface area contributed by atoms with Crippen LogP contribution in [0.3, 0.4) is 0 Å². The number of fused-ring (bicyclic) bond motifs is 1. The summed E-state index contributed by atoms with van der Waals surface area (Å²) in [6.45, 7) is 5.40. The van der Waals surface area contributed by atoms with E-state index in [-0.39, 0.29) is 0 Å². The van der Waals surface area contributed by atoms with E-state index in [1.165, 1.54) is 75.5 Å². The summed E-state index contributed by atoms with van der Waals surface area (Å²) in [6.07, 6.45) is 11.4. The average molecular weight is 289 g/mol. The Kier molecular flexibility index (Phi) is 7.66. The minimum atomic E-state index is 0.862. The Morgan fingerprint density at radius 3 is 2.62 bits per heavy atom. The minimum absolute atomic E-state index is 0.862. The fourth-order valence-electron chi connectivity index (χ4n) is 3.00. The standard InChI is InChI=1S/C19H31NO/c1-2-13-20-14-7-3-4-8-15-21-19-12-11-17-9-5-6-10-18(17)16-19/h11-12,16,20H,2-10,13-15H2,1H3. The van der Waals surface area contributed by atoms with Gasteiger partial charge in [-0.25, -0.2) is 0 Å². The van der Waals surface area contributed by atoms with E-state index in [1.807, 2.05) is 0 Å². The predicted molar refractivity (Wildman–Crippen MR) is 90.2 cm³/mol. The Hall–Kier alpha value is -1.02. The van der Waals surface area contributed by atoms with Crippen molar-refractivity contribution in [1.82, 2.24) is 5.32 Å². The zero-order valence-corrected chi connectivity index (χ0v) is 13.6. The molecule has 0 saturated carbocycles. The van der Waals surface area contributed by atoms with Crippen LogP contribution in [0.5, 0.6) is 5.75 Å². The Labute approximate surface area is 130 Å². The number of aryl methyl sites for hydroxylation is 2. The number of nitrogens with one attached hydrogen (secondary N) is 1. The molecule has 2 heteroatoms. The molecule has 2 rings (SSSR count). The van der Waals surface area contributed by atoms with E-state index >= 15 is 0 Å². The summed E-state index contributed by atoms with van der Waals surface area (Å²) >= 11 is 0. The van der Waals surface area contributed by atoms with Gasteiger partial charge in [-0.1, -0.05) is 25.8 Å². The van der Waals surface area contributed by atoms with Gasteiger partial charge in [0, 0.05) is 0 Å². The summed E-state index contributed by atoms with van der Waals surface area (Å²) in [7, 11) is 0. The fraction of sp³-hybridized carbons (Fsp3) is 0.684. The van der Waals surface area contributed by atoms with Crippen molar-refractivity contribution in [3.05, 3.63) is 29.3 Å². The molecule has 1 aliphatic rings. The highest BCUT2D eigenvalue weighted by atomic mass is 16.5. The Morgan fingerprint density at radius 2 is 1.76 bits per heavy atom. The van der Waals surface area contributed by atoms with Crippen LogP contribution in [0.1, 0.15) is 63.0 Å². The maximum absolute atomic E-state index is 5.90. The second kappa shape index (κ2) is 9.83. The number of benzene rings is 1. The van der Waals surface area contributed by atoms with Crippen LogP contribution in [-0.4, -0.2) is 19.7 Å². The van der Waals surface area contributed by atoms with Gasteiger partial charge in [0.15, 0.2) is 0 Å². The molecule has 2 nitrogen and oxygen atoms in total. The van der Waals surface area contributed by atoms with Gasteiger partial charge in [0.25, 0.3) is 0 Å². The van der Waals surface area contributed by atoms with Crippen LogP contribution in [0, 0.1) is 0 Å². The van der Waals surface area contributed by atoms with Crippen molar-refractivity contribution in [3.8, 4) is 5.75 Å². The van der Waals surface area contributed by atoms with Gasteiger partial charge < -0.3 is 10.1 Å². The molecule has 1 N–H and O–H groups in total. The maximum atomic E-state index is 5.90. The first kappa shape index (κ1) is 16.4. The van der Waals surface area contributed by atoms with Crippen LogP contribution in [0.2, 0.25) is 0 Å². The summed E-state index contributed by atoms with van der Waals surface area (Å²) in [4.78, 5) is 0. The first-order chi connectivity index (χ1) is 10.4. The second-order valence-electron chi connectivity index (χ2n) is 6.15. The monoisotopic (exact) mass is 289 g/mol. The lowest BCUT2D eigenvalue weighted by atomic mass is 9.92. The van der Waals surface area contributed by atoms with Crippen molar-refractivity contribution < 1.29 is 4.74 Å². The first-order valence-electron chi connectivity index (χ1n) is 8.85. The molecule has 118 valence electrons. The SMILES string of the molecule is CCCNCCCCCCOc1ccc2c(c1)CCCC2. The third kappa shape index (κ3) is 6.09. The molecule has 0 spiro atoms. The highest BCUT2D eigenvalue weighted by Gasteiger charge is 2.09. The number of rotatable bonds is 10. The molecular weight excluding hydrogens is 258 g/mol. The molecule has 0 fully saturated rings. The van der Waals surface area contributed by atoms with E-state index in [2.05, 4.69) is 30.4 Å². The topological polar surface area (TPSA) is 21.3 Å². The van der Waals surface area contributed by atoms with Crippen LogP contribution in [0.25, 0.3) is 0 Å². The van der Waals surface area contributed by atoms with Crippen LogP contribution < -0.4 is 10.1 Å². The summed E-state index contributed by atoms with van der Waals surface area (Å²) in [5, 5.41) is 3.45. The van der Waals surface area contributed by atoms with E-state index < -0.39 is 0 Å². The van der Waals surface area contributed by atoms with Gasteiger partial charge in [-0.15, -0.1) is 0 Å². The molecule has 0 aliphatic heterocycles. The fourth-order valence-corrected chi connectivity index (χ4v) is 3.00. The van der Waals surface area contributed by atoms with Crippen molar-refractivity contribution in [2.75, 3.05) is 19.7 Å². The van der Waals surface area contributed by atoms with Crippen molar-refractivity contribution in [1.29, 1.82) is 0 Å². The summed E-state index contributed by atoms with van der Waals surface area (Å²) in [5.74, 6) is 1.07. The van der Waals surface area contributed by atoms with Gasteiger partial charge >= 0.3 is 0 Å². The van der Waals surface area contributed by atoms with Crippen molar-refractivity contribution >= 4 is 0 Å². The van der Waals surface area contributed by atoms with Crippen LogP contribution in [0.15, 0.2) is 18.2 Å². The van der Waals surface area contributed by atoms with Crippen LogP contribution in [-0.2, 0) is 12.8 Å². The average Bonchev–Trinajstić information content (AvgIpc) is 2.53. The third-order valence-corrected chi connectivity index (χ3v) is 4.26. The van der Waals surface area contributed by atoms with Gasteiger partial charge in [-0.05, 0) is 81.3 Å². The highest BCUT2D eigenvalue weighted by molar-refractivity contribution is 5.37. The lowest BCUT2D eigenvalue weighted by Gasteiger charge is -2.16. The van der Waals surface area contributed by atoms with E-state index in [9.17, 15) is 0 Å². The number of hydrogen-bond acceptors (Lipinski definition) is 2. The van der Waals surface area contributed by atoms with Crippen LogP contribution >= 0.6 is 0 Å². The molecule has 1 aliphatic carbocycles. The largest absolute Gasteiger partial charge is 0.494 e. The first-order valence-corrected chi connectivity index (χ1v) is 8.85. The minimum Gasteiger partial charge on any atom is -0.494 e. The van der Waals surface area contributed by atoms with Crippen LogP contribution in [0.4, 0.5) is 0 Å². The van der Waals surface area contributed by atoms with E-state index in [0.717, 1.165) is 18.9 Å². The summed E-state index contributed by atoms with van der Waals surface area (Å²) in [5.41, 5.74) is 3.05. The third-order valence-electron chi connectivity index (χ3n) is 4.26. The Balaban J connectivity index is 1.54. The van der Waals surface area contributed by atoms with Gasteiger partial charge in [-0.3, -0.25) is 0 Å². The van der Waals surface area contributed by atoms with Gasteiger partial charge in [-0.2, -0.15) is 0 Å². The molecule has 0 atom stereocenters. The highest BCUT2D eigenvalue weighted by Crippen LogP contribution is 2.25. The molecular formula is C19H31NO. The predicted octanol–water partition coefficient (Wildman–Crippen LogP) is 4.50. The molecule has 0 heterocycles. The summed E-state index contributed by atoms with van der Waals surface area (Å²) < 4.78 is 5.90. The second-order valence-corrected chi connectivity index (χ2v) is 6.15. The Bertz CT molecular complexity index is 403. The molecule has 1 aromatic carbocycles. The number of hydrogen-bond donors (Lipinski definition) is 1. The lowest BCUT2D eigenvalue weighted by molar-refractivity contribution is 0.304. The zero-order valence-electron chi connectivity index (χ0n) is 13.6. The van der Waals surface area contributed by atoms with E-state index in [4.69, 9.17) is 4.74 Å². The summed E-state index contributed by atoms with van der Waals surface area (Å²) in [6, 6.07) is 6.69. The quantitative estimate of drug-likeness (QED) is 0.640. The zero-order chi connectivity index (χ0) is 14.8. The van der Waals surface area contributed by atoms with Crippen molar-refractivity contribution in [2.45, 2.75) is 64.7 Å². The van der Waals surface area contributed by atoms with Gasteiger partial charge in [0.1, 0.15) is 5.75 Å². The molecule has 0 radical (unpaired) electrons. The number of ether oxygens (including phenoxy) is 1. The Morgan fingerprint density at radius 1 is 0.952 bits per heavy atom. The van der Waals surface area contributed by atoms with Gasteiger partial charge in [0.2, 0.25) is 0 Å². The molecule has 1 aromatic rings. The number of unbranched alkanes of at least 4 members (excludes halogenated alkanes) is 3. The molecule has 0 aromatic heterocycles. The normalized spacial score (nSPS) is 14.0. The molecule has 0 amide bonds. The molecule has 0 bridgehead atoms. The smallest absolute Gasteiger partial charge is 0.119 e. The van der Waals surface area contributed by atoms with E-state index in [1.54, 1.807) is 0 Å². The molecule has 21 heavy (non-hydrogen) atoms. The molecule has 0 saturated heterocycles. The lowest BCUT2D eigenvalue weighted by Crippen LogP contribution is -2.15. The maximum Gasteiger partial charge on any atom is 0.119 e. The van der Waals surface area contributed by atoms with Crippen molar-refractivity contribution in [2.24, 2.45) is 0 Å². The molecule has 0 unspecified atom stereocenters. The van der Waals surface area contributed by atoms with Gasteiger partial charge in [0.05, 0.1) is 6.61 Å². The van der Waals surface area contributed by atoms with E-state index in [0.29, 0.717) is 0 Å². The van der Waals surface area contributed by atoms with Crippen molar-refractivity contribution in [3.63, 3.8) is 0 Å².